The van der Waals surface area contributed by atoms with Crippen LogP contribution in [0.3, 0.4) is 0 Å². The highest BCUT2D eigenvalue weighted by Crippen LogP contribution is 2.29. The molecule has 5 atom stereocenters. The fourth-order valence-corrected chi connectivity index (χ4v) is 1.91. The zero-order valence-corrected chi connectivity index (χ0v) is 8.92. The maximum Gasteiger partial charge on any atom is 0.107 e. The largest absolute Gasteiger partial charge is 0.394 e. The van der Waals surface area contributed by atoms with E-state index in [1.54, 1.807) is 6.92 Å². The van der Waals surface area contributed by atoms with Gasteiger partial charge in [0.05, 0.1) is 24.9 Å². The minimum atomic E-state index is -0.787. The Kier molecular flexibility index (Phi) is 3.89. The maximum atomic E-state index is 9.82. The van der Waals surface area contributed by atoms with E-state index >= 15 is 0 Å². The highest BCUT2D eigenvalue weighted by Gasteiger charge is 2.42. The molecule has 0 aliphatic carbocycles. The van der Waals surface area contributed by atoms with Crippen molar-refractivity contribution < 1.29 is 20.1 Å². The summed E-state index contributed by atoms with van der Waals surface area (Å²) in [5.41, 5.74) is 0. The van der Waals surface area contributed by atoms with Crippen LogP contribution in [0.15, 0.2) is 0 Å². The van der Waals surface area contributed by atoms with Crippen LogP contribution in [0.5, 0.6) is 0 Å². The summed E-state index contributed by atoms with van der Waals surface area (Å²) in [5, 5.41) is 28.5. The molecule has 1 rings (SSSR count). The van der Waals surface area contributed by atoms with Gasteiger partial charge in [-0.1, -0.05) is 20.8 Å². The molecule has 3 unspecified atom stereocenters. The van der Waals surface area contributed by atoms with Gasteiger partial charge in [0.15, 0.2) is 0 Å². The Morgan fingerprint density at radius 3 is 2.21 bits per heavy atom. The van der Waals surface area contributed by atoms with Gasteiger partial charge in [0.25, 0.3) is 0 Å². The van der Waals surface area contributed by atoms with Gasteiger partial charge in [-0.3, -0.25) is 0 Å². The summed E-state index contributed by atoms with van der Waals surface area (Å²) in [6.07, 6.45) is -2.32. The molecular weight excluding hydrogens is 184 g/mol. The van der Waals surface area contributed by atoms with Gasteiger partial charge < -0.3 is 20.1 Å². The number of hydrogen-bond donors (Lipinski definition) is 3. The molecule has 0 aromatic heterocycles. The van der Waals surface area contributed by atoms with Crippen LogP contribution >= 0.6 is 0 Å². The van der Waals surface area contributed by atoms with Gasteiger partial charge in [0.1, 0.15) is 6.10 Å². The van der Waals surface area contributed by atoms with Crippen LogP contribution in [0.2, 0.25) is 0 Å². The molecule has 0 bridgehead atoms. The predicted molar refractivity (Wildman–Crippen MR) is 51.8 cm³/mol. The molecular formula is C10H20O4. The lowest BCUT2D eigenvalue weighted by molar-refractivity contribution is -0.215. The molecule has 0 aromatic carbocycles. The van der Waals surface area contributed by atoms with Crippen LogP contribution in [-0.4, -0.2) is 46.3 Å². The van der Waals surface area contributed by atoms with E-state index in [9.17, 15) is 10.2 Å². The summed E-state index contributed by atoms with van der Waals surface area (Å²) >= 11 is 0. The molecule has 0 amide bonds. The molecule has 1 aliphatic heterocycles. The fraction of sp³-hybridized carbons (Fsp3) is 1.00. The standard InChI is InChI=1S/C10H20O4/c1-5(2)10-9(13)6(3)8(12)7(4-11)14-10/h5-13H,4H2,1-3H3/t6-,7+,8?,9?,10?/m0/s1. The van der Waals surface area contributed by atoms with Crippen molar-refractivity contribution in [2.45, 2.75) is 45.2 Å². The van der Waals surface area contributed by atoms with Crippen molar-refractivity contribution in [2.75, 3.05) is 6.61 Å². The van der Waals surface area contributed by atoms with Crippen LogP contribution in [0.4, 0.5) is 0 Å². The van der Waals surface area contributed by atoms with Crippen molar-refractivity contribution in [1.82, 2.24) is 0 Å². The molecule has 4 nitrogen and oxygen atoms in total. The second-order valence-corrected chi connectivity index (χ2v) is 4.41. The van der Waals surface area contributed by atoms with Crippen molar-refractivity contribution in [1.29, 1.82) is 0 Å². The van der Waals surface area contributed by atoms with E-state index in [0.29, 0.717) is 0 Å². The fourth-order valence-electron chi connectivity index (χ4n) is 1.91. The summed E-state index contributed by atoms with van der Waals surface area (Å²) in [7, 11) is 0. The van der Waals surface area contributed by atoms with E-state index in [1.165, 1.54) is 0 Å². The van der Waals surface area contributed by atoms with Crippen molar-refractivity contribution in [3.63, 3.8) is 0 Å². The number of aliphatic hydroxyl groups is 3. The first-order chi connectivity index (χ1) is 6.49. The van der Waals surface area contributed by atoms with Gasteiger partial charge in [-0.05, 0) is 5.92 Å². The third kappa shape index (κ3) is 2.08. The first-order valence-corrected chi connectivity index (χ1v) is 5.11. The molecule has 0 aromatic rings. The maximum absolute atomic E-state index is 9.82. The zero-order valence-electron chi connectivity index (χ0n) is 8.92. The lowest BCUT2D eigenvalue weighted by atomic mass is 9.84. The van der Waals surface area contributed by atoms with Gasteiger partial charge in [0, 0.05) is 5.92 Å². The number of ether oxygens (including phenoxy) is 1. The summed E-state index contributed by atoms with van der Waals surface area (Å²) in [6.45, 7) is 5.47. The zero-order chi connectivity index (χ0) is 10.9. The van der Waals surface area contributed by atoms with Crippen LogP contribution in [-0.2, 0) is 4.74 Å². The van der Waals surface area contributed by atoms with E-state index < -0.39 is 18.3 Å². The van der Waals surface area contributed by atoms with Crippen LogP contribution in [0, 0.1) is 11.8 Å². The van der Waals surface area contributed by atoms with E-state index in [0.717, 1.165) is 0 Å². The average molecular weight is 204 g/mol. The molecule has 1 heterocycles. The Morgan fingerprint density at radius 2 is 1.79 bits per heavy atom. The second-order valence-electron chi connectivity index (χ2n) is 4.41. The summed E-state index contributed by atoms with van der Waals surface area (Å²) in [5.74, 6) is -0.0812. The smallest absolute Gasteiger partial charge is 0.107 e. The van der Waals surface area contributed by atoms with Crippen LogP contribution < -0.4 is 0 Å². The molecule has 0 spiro atoms. The average Bonchev–Trinajstić information content (AvgIpc) is 2.14. The number of rotatable bonds is 2. The molecule has 14 heavy (non-hydrogen) atoms. The van der Waals surface area contributed by atoms with Crippen molar-refractivity contribution in [2.24, 2.45) is 11.8 Å². The normalized spacial score (nSPS) is 44.4. The summed E-state index contributed by atoms with van der Waals surface area (Å²) in [4.78, 5) is 0. The summed E-state index contributed by atoms with van der Waals surface area (Å²) < 4.78 is 5.44. The molecule has 4 heteroatoms. The molecule has 1 fully saturated rings. The van der Waals surface area contributed by atoms with Gasteiger partial charge >= 0.3 is 0 Å². The first-order valence-electron chi connectivity index (χ1n) is 5.11. The van der Waals surface area contributed by atoms with Crippen molar-refractivity contribution in [3.8, 4) is 0 Å². The minimum Gasteiger partial charge on any atom is -0.394 e. The highest BCUT2D eigenvalue weighted by molar-refractivity contribution is 4.90. The van der Waals surface area contributed by atoms with E-state index in [4.69, 9.17) is 9.84 Å². The van der Waals surface area contributed by atoms with Crippen molar-refractivity contribution >= 4 is 0 Å². The molecule has 0 saturated carbocycles. The predicted octanol–water partition coefficient (Wildman–Crippen LogP) is -0.240. The van der Waals surface area contributed by atoms with Crippen LogP contribution in [0.25, 0.3) is 0 Å². The Bertz CT molecular complexity index is 181. The monoisotopic (exact) mass is 204 g/mol. The van der Waals surface area contributed by atoms with Gasteiger partial charge in [-0.2, -0.15) is 0 Å². The summed E-state index contributed by atoms with van der Waals surface area (Å²) in [6, 6.07) is 0. The number of aliphatic hydroxyl groups excluding tert-OH is 3. The van der Waals surface area contributed by atoms with Crippen LogP contribution in [0.1, 0.15) is 20.8 Å². The van der Waals surface area contributed by atoms with E-state index in [1.807, 2.05) is 13.8 Å². The minimum absolute atomic E-state index is 0.175. The lowest BCUT2D eigenvalue weighted by Crippen LogP contribution is -2.55. The Hall–Kier alpha value is -0.160. The quantitative estimate of drug-likeness (QED) is 0.580. The molecule has 3 N–H and O–H groups in total. The third-order valence-electron chi connectivity index (χ3n) is 2.96. The topological polar surface area (TPSA) is 69.9 Å². The molecule has 0 radical (unpaired) electrons. The Morgan fingerprint density at radius 1 is 1.21 bits per heavy atom. The first kappa shape index (κ1) is 11.9. The van der Waals surface area contributed by atoms with E-state index in [-0.39, 0.29) is 24.5 Å². The molecule has 1 saturated heterocycles. The Labute approximate surface area is 84.5 Å². The second kappa shape index (κ2) is 4.57. The van der Waals surface area contributed by atoms with Gasteiger partial charge in [-0.15, -0.1) is 0 Å². The molecule has 1 aliphatic rings. The SMILES string of the molecule is CC(C)C1O[C@H](CO)C(O)[C@H](C)C1O. The van der Waals surface area contributed by atoms with Gasteiger partial charge in [0.2, 0.25) is 0 Å². The number of hydrogen-bond acceptors (Lipinski definition) is 4. The lowest BCUT2D eigenvalue weighted by Gasteiger charge is -2.42. The third-order valence-corrected chi connectivity index (χ3v) is 2.96. The highest BCUT2D eigenvalue weighted by atomic mass is 16.5. The van der Waals surface area contributed by atoms with Crippen molar-refractivity contribution in [3.05, 3.63) is 0 Å². The van der Waals surface area contributed by atoms with E-state index in [2.05, 4.69) is 0 Å². The Balaban J connectivity index is 2.73. The molecule has 84 valence electrons. The van der Waals surface area contributed by atoms with Gasteiger partial charge in [-0.25, -0.2) is 0 Å².